The van der Waals surface area contributed by atoms with Crippen LogP contribution in [0.25, 0.3) is 0 Å². The summed E-state index contributed by atoms with van der Waals surface area (Å²) < 4.78 is 10.6. The van der Waals surface area contributed by atoms with Crippen LogP contribution in [0.2, 0.25) is 0 Å². The molecule has 2 aliphatic rings. The highest BCUT2D eigenvalue weighted by atomic mass is 16.5. The van der Waals surface area contributed by atoms with Gasteiger partial charge in [0.1, 0.15) is 11.9 Å². The third-order valence-corrected chi connectivity index (χ3v) is 4.28. The third kappa shape index (κ3) is 2.89. The minimum Gasteiger partial charge on any atom is -0.497 e. The van der Waals surface area contributed by atoms with E-state index in [1.807, 2.05) is 36.1 Å². The van der Waals surface area contributed by atoms with Crippen molar-refractivity contribution in [1.82, 2.24) is 10.2 Å². The number of amides is 1. The number of methoxy groups -OCH3 is 1. The molecule has 1 aromatic rings. The Morgan fingerprint density at radius 3 is 2.76 bits per heavy atom. The summed E-state index contributed by atoms with van der Waals surface area (Å²) in [6, 6.07) is 7.75. The van der Waals surface area contributed by atoms with E-state index in [0.29, 0.717) is 5.92 Å². The van der Waals surface area contributed by atoms with Crippen molar-refractivity contribution in [2.24, 2.45) is 5.92 Å². The van der Waals surface area contributed by atoms with E-state index in [1.165, 1.54) is 0 Å². The molecule has 2 fully saturated rings. The molecule has 1 aromatic carbocycles. The Labute approximate surface area is 125 Å². The molecule has 114 valence electrons. The maximum Gasteiger partial charge on any atom is 0.241 e. The molecule has 3 unspecified atom stereocenters. The Morgan fingerprint density at radius 1 is 1.38 bits per heavy atom. The number of benzene rings is 1. The van der Waals surface area contributed by atoms with Crippen molar-refractivity contribution in [3.63, 3.8) is 0 Å². The summed E-state index contributed by atoms with van der Waals surface area (Å²) in [5.74, 6) is 1.44. The molecule has 21 heavy (non-hydrogen) atoms. The fourth-order valence-corrected chi connectivity index (χ4v) is 3.04. The predicted molar refractivity (Wildman–Crippen MR) is 79.0 cm³/mol. The largest absolute Gasteiger partial charge is 0.497 e. The Kier molecular flexibility index (Phi) is 4.12. The van der Waals surface area contributed by atoms with Crippen molar-refractivity contribution < 1.29 is 14.3 Å². The molecule has 3 atom stereocenters. The van der Waals surface area contributed by atoms with Gasteiger partial charge in [-0.2, -0.15) is 0 Å². The van der Waals surface area contributed by atoms with E-state index in [9.17, 15) is 4.79 Å². The molecule has 2 aliphatic heterocycles. The summed E-state index contributed by atoms with van der Waals surface area (Å²) in [4.78, 5) is 14.3. The summed E-state index contributed by atoms with van der Waals surface area (Å²) in [5, 5.41) is 3.38. The first kappa shape index (κ1) is 14.4. The Balaban J connectivity index is 1.78. The van der Waals surface area contributed by atoms with Gasteiger partial charge in [-0.05, 0) is 31.0 Å². The highest BCUT2D eigenvalue weighted by Gasteiger charge is 2.38. The van der Waals surface area contributed by atoms with Gasteiger partial charge in [0.15, 0.2) is 0 Å². The normalized spacial score (nSPS) is 29.1. The van der Waals surface area contributed by atoms with Crippen LogP contribution in [-0.4, -0.2) is 43.7 Å². The molecule has 0 aromatic heterocycles. The second-order valence-corrected chi connectivity index (χ2v) is 5.78. The van der Waals surface area contributed by atoms with Gasteiger partial charge in [-0.1, -0.05) is 12.1 Å². The van der Waals surface area contributed by atoms with Crippen LogP contribution in [0.15, 0.2) is 24.3 Å². The van der Waals surface area contributed by atoms with Gasteiger partial charge in [0, 0.05) is 19.1 Å². The molecule has 1 N–H and O–H groups in total. The SMILES string of the molecule is COc1ccc(C2NC(C)C(=O)N2CC2CCOC2)cc1. The lowest BCUT2D eigenvalue weighted by Gasteiger charge is -2.27. The minimum absolute atomic E-state index is 0.0565. The lowest BCUT2D eigenvalue weighted by Crippen LogP contribution is -2.35. The van der Waals surface area contributed by atoms with E-state index >= 15 is 0 Å². The van der Waals surface area contributed by atoms with Gasteiger partial charge in [-0.15, -0.1) is 0 Å². The van der Waals surface area contributed by atoms with E-state index in [4.69, 9.17) is 9.47 Å². The van der Waals surface area contributed by atoms with Crippen LogP contribution in [0.3, 0.4) is 0 Å². The van der Waals surface area contributed by atoms with E-state index in [1.54, 1.807) is 7.11 Å². The monoisotopic (exact) mass is 290 g/mol. The fourth-order valence-electron chi connectivity index (χ4n) is 3.04. The Hall–Kier alpha value is -1.59. The summed E-state index contributed by atoms with van der Waals surface area (Å²) in [7, 11) is 1.65. The van der Waals surface area contributed by atoms with Crippen LogP contribution < -0.4 is 10.1 Å². The molecule has 5 nitrogen and oxygen atoms in total. The number of nitrogens with zero attached hydrogens (tertiary/aromatic N) is 1. The van der Waals surface area contributed by atoms with Gasteiger partial charge in [0.25, 0.3) is 0 Å². The lowest BCUT2D eigenvalue weighted by molar-refractivity contribution is -0.130. The topological polar surface area (TPSA) is 50.8 Å². The van der Waals surface area contributed by atoms with Gasteiger partial charge < -0.3 is 14.4 Å². The smallest absolute Gasteiger partial charge is 0.241 e. The van der Waals surface area contributed by atoms with Gasteiger partial charge in [-0.25, -0.2) is 0 Å². The van der Waals surface area contributed by atoms with Crippen LogP contribution in [0, 0.1) is 5.92 Å². The summed E-state index contributed by atoms with van der Waals surface area (Å²) >= 11 is 0. The standard InChI is InChI=1S/C16H22N2O3/c1-11-16(19)18(9-12-7-8-21-10-12)15(17-11)13-3-5-14(20-2)6-4-13/h3-6,11-12,15,17H,7-10H2,1-2H3. The first-order valence-corrected chi connectivity index (χ1v) is 7.47. The number of hydrogen-bond acceptors (Lipinski definition) is 4. The maximum absolute atomic E-state index is 12.4. The summed E-state index contributed by atoms with van der Waals surface area (Å²) in [5.41, 5.74) is 1.09. The number of nitrogens with one attached hydrogen (secondary N) is 1. The molecule has 5 heteroatoms. The van der Waals surface area contributed by atoms with Crippen molar-refractivity contribution in [2.45, 2.75) is 25.6 Å². The molecule has 0 radical (unpaired) electrons. The van der Waals surface area contributed by atoms with Crippen LogP contribution >= 0.6 is 0 Å². The van der Waals surface area contributed by atoms with Gasteiger partial charge in [0.05, 0.1) is 19.8 Å². The zero-order chi connectivity index (χ0) is 14.8. The molecule has 1 amide bonds. The number of ether oxygens (including phenoxy) is 2. The molecular weight excluding hydrogens is 268 g/mol. The zero-order valence-corrected chi connectivity index (χ0v) is 12.5. The molecule has 0 bridgehead atoms. The highest BCUT2D eigenvalue weighted by Crippen LogP contribution is 2.29. The van der Waals surface area contributed by atoms with Gasteiger partial charge in [0.2, 0.25) is 5.91 Å². The van der Waals surface area contributed by atoms with Crippen LogP contribution in [0.1, 0.15) is 25.1 Å². The zero-order valence-electron chi connectivity index (χ0n) is 12.5. The highest BCUT2D eigenvalue weighted by molar-refractivity contribution is 5.84. The van der Waals surface area contributed by atoms with E-state index in [2.05, 4.69) is 5.32 Å². The maximum atomic E-state index is 12.4. The van der Waals surface area contributed by atoms with Crippen molar-refractivity contribution in [3.8, 4) is 5.75 Å². The van der Waals surface area contributed by atoms with Crippen molar-refractivity contribution >= 4 is 5.91 Å². The Bertz CT molecular complexity index is 497. The quantitative estimate of drug-likeness (QED) is 0.914. The van der Waals surface area contributed by atoms with Gasteiger partial charge in [-0.3, -0.25) is 10.1 Å². The van der Waals surface area contributed by atoms with E-state index in [-0.39, 0.29) is 18.1 Å². The summed E-state index contributed by atoms with van der Waals surface area (Å²) in [6.07, 6.45) is 0.979. The van der Waals surface area contributed by atoms with Crippen LogP contribution in [-0.2, 0) is 9.53 Å². The lowest BCUT2D eigenvalue weighted by atomic mass is 10.1. The molecule has 3 rings (SSSR count). The van der Waals surface area contributed by atoms with E-state index in [0.717, 1.165) is 37.5 Å². The van der Waals surface area contributed by atoms with E-state index < -0.39 is 0 Å². The summed E-state index contributed by atoms with van der Waals surface area (Å²) in [6.45, 7) is 4.24. The fraction of sp³-hybridized carbons (Fsp3) is 0.562. The van der Waals surface area contributed by atoms with Crippen LogP contribution in [0.4, 0.5) is 0 Å². The number of rotatable bonds is 4. The van der Waals surface area contributed by atoms with Crippen molar-refractivity contribution in [2.75, 3.05) is 26.9 Å². The van der Waals surface area contributed by atoms with Crippen molar-refractivity contribution in [1.29, 1.82) is 0 Å². The Morgan fingerprint density at radius 2 is 2.14 bits per heavy atom. The average molecular weight is 290 g/mol. The molecule has 2 heterocycles. The molecule has 0 aliphatic carbocycles. The first-order chi connectivity index (χ1) is 10.2. The molecule has 2 saturated heterocycles. The minimum atomic E-state index is -0.139. The third-order valence-electron chi connectivity index (χ3n) is 4.28. The molecule has 0 spiro atoms. The molecule has 0 saturated carbocycles. The van der Waals surface area contributed by atoms with Crippen molar-refractivity contribution in [3.05, 3.63) is 29.8 Å². The number of carbonyl (C=O) groups is 1. The first-order valence-electron chi connectivity index (χ1n) is 7.47. The average Bonchev–Trinajstić information content (AvgIpc) is 3.11. The number of hydrogen-bond donors (Lipinski definition) is 1. The number of carbonyl (C=O) groups excluding carboxylic acids is 1. The second-order valence-electron chi connectivity index (χ2n) is 5.78. The molecular formula is C16H22N2O3. The second kappa shape index (κ2) is 6.03. The van der Waals surface area contributed by atoms with Gasteiger partial charge >= 0.3 is 0 Å². The predicted octanol–water partition coefficient (Wildman–Crippen LogP) is 1.55. The van der Waals surface area contributed by atoms with Crippen LogP contribution in [0.5, 0.6) is 5.75 Å².